The van der Waals surface area contributed by atoms with E-state index in [1.807, 2.05) is 0 Å². The van der Waals surface area contributed by atoms with Crippen LogP contribution >= 0.6 is 11.6 Å². The molecule has 0 radical (unpaired) electrons. The van der Waals surface area contributed by atoms with Crippen molar-refractivity contribution >= 4 is 22.4 Å². The van der Waals surface area contributed by atoms with Gasteiger partial charge >= 0.3 is 0 Å². The van der Waals surface area contributed by atoms with E-state index < -0.39 is 0 Å². The Kier molecular flexibility index (Phi) is 2.79. The average Bonchev–Trinajstić information content (AvgIpc) is 2.78. The minimum atomic E-state index is 0.605. The molecule has 2 aromatic rings. The molecule has 0 nitrogen and oxygen atoms in total. The lowest BCUT2D eigenvalue weighted by atomic mass is 10.0. The lowest BCUT2D eigenvalue weighted by molar-refractivity contribution is 1.02. The standard InChI is InChI=1S/C16H13Cl/c17-11-2-1-4-12-7-8-14-10-9-13-5-3-6-15(12)16(13)14/h3,5-8H,2,9-11H2. The molecule has 0 atom stereocenters. The fourth-order valence-electron chi connectivity index (χ4n) is 2.56. The van der Waals surface area contributed by atoms with Crippen molar-refractivity contribution in [3.05, 3.63) is 47.0 Å². The molecule has 0 heterocycles. The molecule has 84 valence electrons. The van der Waals surface area contributed by atoms with Crippen molar-refractivity contribution in [2.75, 3.05) is 5.88 Å². The van der Waals surface area contributed by atoms with Crippen LogP contribution in [-0.2, 0) is 12.8 Å². The second kappa shape index (κ2) is 4.43. The number of hydrogen-bond donors (Lipinski definition) is 0. The van der Waals surface area contributed by atoms with Crippen molar-refractivity contribution in [3.8, 4) is 11.8 Å². The molecule has 0 bridgehead atoms. The Balaban J connectivity index is 2.19. The normalized spacial score (nSPS) is 12.5. The highest BCUT2D eigenvalue weighted by Gasteiger charge is 2.14. The molecular weight excluding hydrogens is 228 g/mol. The van der Waals surface area contributed by atoms with Gasteiger partial charge in [0.05, 0.1) is 0 Å². The molecule has 1 aliphatic carbocycles. The summed E-state index contributed by atoms with van der Waals surface area (Å²) in [6.07, 6.45) is 3.10. The first kappa shape index (κ1) is 10.7. The third-order valence-electron chi connectivity index (χ3n) is 3.32. The van der Waals surface area contributed by atoms with Crippen LogP contribution < -0.4 is 0 Å². The van der Waals surface area contributed by atoms with Gasteiger partial charge in [-0.05, 0) is 40.8 Å². The van der Waals surface area contributed by atoms with Crippen molar-refractivity contribution in [3.63, 3.8) is 0 Å². The topological polar surface area (TPSA) is 0 Å². The van der Waals surface area contributed by atoms with Gasteiger partial charge in [0.25, 0.3) is 0 Å². The number of alkyl halides is 1. The van der Waals surface area contributed by atoms with Gasteiger partial charge in [-0.25, -0.2) is 0 Å². The summed E-state index contributed by atoms with van der Waals surface area (Å²) in [5.41, 5.74) is 4.08. The summed E-state index contributed by atoms with van der Waals surface area (Å²) in [4.78, 5) is 0. The van der Waals surface area contributed by atoms with Gasteiger partial charge in [-0.15, -0.1) is 11.6 Å². The summed E-state index contributed by atoms with van der Waals surface area (Å²) in [5.74, 6) is 6.96. The van der Waals surface area contributed by atoms with E-state index in [2.05, 4.69) is 42.2 Å². The molecule has 0 spiro atoms. The monoisotopic (exact) mass is 240 g/mol. The van der Waals surface area contributed by atoms with Crippen LogP contribution in [0.15, 0.2) is 30.3 Å². The maximum Gasteiger partial charge on any atom is 0.0333 e. The van der Waals surface area contributed by atoms with Gasteiger partial charge in [-0.3, -0.25) is 0 Å². The quantitative estimate of drug-likeness (QED) is 0.524. The molecule has 1 heteroatoms. The summed E-state index contributed by atoms with van der Waals surface area (Å²) in [6, 6.07) is 10.9. The number of halogens is 1. The van der Waals surface area contributed by atoms with Crippen LogP contribution in [0, 0.1) is 11.8 Å². The molecular formula is C16H13Cl. The van der Waals surface area contributed by atoms with E-state index in [4.69, 9.17) is 11.6 Å². The third kappa shape index (κ3) is 1.81. The fraction of sp³-hybridized carbons (Fsp3) is 0.250. The van der Waals surface area contributed by atoms with Gasteiger partial charge in [-0.1, -0.05) is 36.1 Å². The smallest absolute Gasteiger partial charge is 0.0333 e. The Hall–Kier alpha value is -1.45. The highest BCUT2D eigenvalue weighted by atomic mass is 35.5. The van der Waals surface area contributed by atoms with Gasteiger partial charge in [0.2, 0.25) is 0 Å². The Morgan fingerprint density at radius 1 is 1.06 bits per heavy atom. The van der Waals surface area contributed by atoms with E-state index in [-0.39, 0.29) is 0 Å². The Morgan fingerprint density at radius 2 is 1.88 bits per heavy atom. The molecule has 17 heavy (non-hydrogen) atoms. The van der Waals surface area contributed by atoms with E-state index in [0.29, 0.717) is 5.88 Å². The SMILES string of the molecule is ClCCC#Cc1ccc2c3c(cccc13)CC2. The van der Waals surface area contributed by atoms with Crippen LogP contribution in [0.1, 0.15) is 23.1 Å². The first-order chi connectivity index (χ1) is 8.40. The molecule has 0 N–H and O–H groups in total. The minimum Gasteiger partial charge on any atom is -0.126 e. The van der Waals surface area contributed by atoms with Gasteiger partial charge in [0.1, 0.15) is 0 Å². The molecule has 2 aromatic carbocycles. The maximum atomic E-state index is 5.64. The highest BCUT2D eigenvalue weighted by Crippen LogP contribution is 2.32. The second-order valence-electron chi connectivity index (χ2n) is 4.35. The van der Waals surface area contributed by atoms with E-state index in [1.54, 1.807) is 0 Å². The first-order valence-corrected chi connectivity index (χ1v) is 6.52. The van der Waals surface area contributed by atoms with Crippen LogP contribution in [0.5, 0.6) is 0 Å². The van der Waals surface area contributed by atoms with E-state index in [0.717, 1.165) is 12.0 Å². The summed E-state index contributed by atoms with van der Waals surface area (Å²) in [6.45, 7) is 0. The Morgan fingerprint density at radius 3 is 2.71 bits per heavy atom. The summed E-state index contributed by atoms with van der Waals surface area (Å²) < 4.78 is 0. The number of aryl methyl sites for hydroxylation is 2. The number of rotatable bonds is 1. The van der Waals surface area contributed by atoms with Crippen molar-refractivity contribution in [2.45, 2.75) is 19.3 Å². The maximum absolute atomic E-state index is 5.64. The summed E-state index contributed by atoms with van der Waals surface area (Å²) in [5, 5.41) is 2.74. The van der Waals surface area contributed by atoms with Crippen LogP contribution in [-0.4, -0.2) is 5.88 Å². The van der Waals surface area contributed by atoms with E-state index in [9.17, 15) is 0 Å². The highest BCUT2D eigenvalue weighted by molar-refractivity contribution is 6.18. The van der Waals surface area contributed by atoms with Crippen LogP contribution in [0.4, 0.5) is 0 Å². The number of hydrogen-bond acceptors (Lipinski definition) is 0. The number of benzene rings is 2. The average molecular weight is 241 g/mol. The van der Waals surface area contributed by atoms with Crippen molar-refractivity contribution in [1.29, 1.82) is 0 Å². The van der Waals surface area contributed by atoms with Crippen molar-refractivity contribution in [2.24, 2.45) is 0 Å². The minimum absolute atomic E-state index is 0.605. The first-order valence-electron chi connectivity index (χ1n) is 5.98. The zero-order valence-corrected chi connectivity index (χ0v) is 10.3. The Bertz CT molecular complexity index is 619. The zero-order valence-electron chi connectivity index (χ0n) is 9.59. The van der Waals surface area contributed by atoms with E-state index in [1.165, 1.54) is 34.7 Å². The van der Waals surface area contributed by atoms with Gasteiger partial charge in [0, 0.05) is 17.9 Å². The molecule has 0 saturated carbocycles. The molecule has 1 aliphatic rings. The van der Waals surface area contributed by atoms with Crippen LogP contribution in [0.3, 0.4) is 0 Å². The lowest BCUT2D eigenvalue weighted by Gasteiger charge is -2.03. The predicted octanol–water partition coefficient (Wildman–Crippen LogP) is 3.92. The van der Waals surface area contributed by atoms with Crippen molar-refractivity contribution in [1.82, 2.24) is 0 Å². The molecule has 0 aliphatic heterocycles. The van der Waals surface area contributed by atoms with Gasteiger partial charge in [0.15, 0.2) is 0 Å². The molecule has 0 unspecified atom stereocenters. The van der Waals surface area contributed by atoms with Crippen LogP contribution in [0.2, 0.25) is 0 Å². The molecule has 3 rings (SSSR count). The molecule has 0 amide bonds. The Labute approximate surface area is 107 Å². The molecule has 0 aromatic heterocycles. The molecule has 0 fully saturated rings. The van der Waals surface area contributed by atoms with Crippen molar-refractivity contribution < 1.29 is 0 Å². The lowest BCUT2D eigenvalue weighted by Crippen LogP contribution is -1.84. The predicted molar refractivity (Wildman–Crippen MR) is 73.6 cm³/mol. The molecule has 0 saturated heterocycles. The van der Waals surface area contributed by atoms with E-state index >= 15 is 0 Å². The largest absolute Gasteiger partial charge is 0.126 e. The second-order valence-corrected chi connectivity index (χ2v) is 4.73. The third-order valence-corrected chi connectivity index (χ3v) is 3.51. The summed E-state index contributed by atoms with van der Waals surface area (Å²) >= 11 is 5.64. The summed E-state index contributed by atoms with van der Waals surface area (Å²) in [7, 11) is 0. The zero-order chi connectivity index (χ0) is 11.7. The fourth-order valence-corrected chi connectivity index (χ4v) is 2.66. The van der Waals surface area contributed by atoms with Gasteiger partial charge in [-0.2, -0.15) is 0 Å². The van der Waals surface area contributed by atoms with Crippen LogP contribution in [0.25, 0.3) is 10.8 Å². The van der Waals surface area contributed by atoms with Gasteiger partial charge < -0.3 is 0 Å².